The van der Waals surface area contributed by atoms with Crippen molar-refractivity contribution in [1.29, 1.82) is 0 Å². The van der Waals surface area contributed by atoms with Crippen LogP contribution in [-0.4, -0.2) is 0 Å². The van der Waals surface area contributed by atoms with Gasteiger partial charge in [-0.25, -0.2) is 0 Å². The summed E-state index contributed by atoms with van der Waals surface area (Å²) in [5.41, 5.74) is -1.04. The minimum absolute atomic E-state index is 0.0357. The Kier molecular flexibility index (Phi) is 4.99. The van der Waals surface area contributed by atoms with Crippen molar-refractivity contribution in [2.24, 2.45) is 0 Å². The zero-order valence-corrected chi connectivity index (χ0v) is 33.9. The van der Waals surface area contributed by atoms with Crippen molar-refractivity contribution in [3.8, 4) is 33.4 Å². The average molecular weight is 775 g/mol. The van der Waals surface area contributed by atoms with Gasteiger partial charge in [-0.05, 0) is 172 Å². The Balaban J connectivity index is 1.60. The van der Waals surface area contributed by atoms with Crippen LogP contribution in [0.4, 0.5) is 17.1 Å². The first-order valence-electron chi connectivity index (χ1n) is 29.3. The second kappa shape index (κ2) is 14.2. The minimum Gasteiger partial charge on any atom is -0.455 e. The molecule has 9 aromatic rings. The van der Waals surface area contributed by atoms with E-state index >= 15 is 0 Å². The molecule has 286 valence electrons. The fourth-order valence-electron chi connectivity index (χ4n) is 7.52. The van der Waals surface area contributed by atoms with Gasteiger partial charge in [0.15, 0.2) is 0 Å². The minimum atomic E-state index is -0.912. The molecule has 1 aromatic heterocycles. The number of benzene rings is 8. The number of fused-ring (bicyclic) bond motifs is 5. The maximum atomic E-state index is 10.5. The smallest absolute Gasteiger partial charge is 0.143 e. The fraction of sp³-hybridized carbons (Fsp3) is 0.179. The third-order valence-electron chi connectivity index (χ3n) is 10.6. The first-order chi connectivity index (χ1) is 36.7. The van der Waals surface area contributed by atoms with Crippen LogP contribution in [0.2, 0.25) is 0 Å². The van der Waals surface area contributed by atoms with Crippen molar-refractivity contribution in [3.63, 3.8) is 0 Å². The number of nitrogens with zero attached hydrogens (tertiary/aromatic N) is 1. The molecule has 0 spiro atoms. The van der Waals surface area contributed by atoms with Crippen LogP contribution in [0.1, 0.15) is 84.4 Å². The first-order valence-corrected chi connectivity index (χ1v) is 18.8. The molecule has 8 aromatic carbocycles. The molecule has 58 heavy (non-hydrogen) atoms. The van der Waals surface area contributed by atoms with E-state index in [0.29, 0.717) is 11.1 Å². The van der Waals surface area contributed by atoms with Gasteiger partial charge in [-0.2, -0.15) is 0 Å². The molecule has 0 saturated heterocycles. The van der Waals surface area contributed by atoms with Crippen LogP contribution in [0.5, 0.6) is 0 Å². The van der Waals surface area contributed by atoms with Crippen LogP contribution in [0, 0.1) is 69.2 Å². The molecule has 0 amide bonds. The summed E-state index contributed by atoms with van der Waals surface area (Å²) < 4.78 is 205. The Hall–Kier alpha value is -6.38. The molecule has 0 aliphatic rings. The van der Waals surface area contributed by atoms with Gasteiger partial charge in [-0.15, -0.1) is 0 Å². The summed E-state index contributed by atoms with van der Waals surface area (Å²) in [4.78, 5) is 0.934. The summed E-state index contributed by atoms with van der Waals surface area (Å²) in [6, 6.07) is -11.8. The number of furan rings is 1. The largest absolute Gasteiger partial charge is 0.455 e. The fourth-order valence-corrected chi connectivity index (χ4v) is 7.52. The number of hydrogen-bond acceptors (Lipinski definition) is 2. The second-order valence-electron chi connectivity index (χ2n) is 14.8. The van der Waals surface area contributed by atoms with E-state index in [4.69, 9.17) is 12.6 Å². The highest BCUT2D eigenvalue weighted by Gasteiger charge is 2.24. The summed E-state index contributed by atoms with van der Waals surface area (Å²) in [7, 11) is 0. The zero-order valence-electron chi connectivity index (χ0n) is 54.9. The lowest BCUT2D eigenvalue weighted by molar-refractivity contribution is 0.672. The zero-order chi connectivity index (χ0) is 58.8. The van der Waals surface area contributed by atoms with Crippen molar-refractivity contribution in [2.75, 3.05) is 4.90 Å². The van der Waals surface area contributed by atoms with Gasteiger partial charge in [0.25, 0.3) is 0 Å². The molecule has 2 nitrogen and oxygen atoms in total. The molecule has 0 fully saturated rings. The van der Waals surface area contributed by atoms with Gasteiger partial charge >= 0.3 is 0 Å². The molecule has 0 aliphatic heterocycles. The van der Waals surface area contributed by atoms with Gasteiger partial charge in [0.2, 0.25) is 0 Å². The summed E-state index contributed by atoms with van der Waals surface area (Å²) in [6.45, 7) is 15.7. The summed E-state index contributed by atoms with van der Waals surface area (Å²) >= 11 is 0. The van der Waals surface area contributed by atoms with E-state index in [1.165, 1.54) is 41.5 Å². The van der Waals surface area contributed by atoms with Crippen LogP contribution >= 0.6 is 0 Å². The molecule has 0 N–H and O–H groups in total. The van der Waals surface area contributed by atoms with Gasteiger partial charge in [-0.3, -0.25) is 0 Å². The van der Waals surface area contributed by atoms with Gasteiger partial charge in [0.05, 0.1) is 34.5 Å². The molecule has 2 heteroatoms. The highest BCUT2D eigenvalue weighted by molar-refractivity contribution is 6.20. The molecule has 0 unspecified atom stereocenters. The Morgan fingerprint density at radius 1 is 0.397 bits per heavy atom. The van der Waals surface area contributed by atoms with Gasteiger partial charge in [-0.1, -0.05) is 113 Å². The average Bonchev–Trinajstić information content (AvgIpc) is 3.48. The summed E-state index contributed by atoms with van der Waals surface area (Å²) in [6.07, 6.45) is 0. The Morgan fingerprint density at radius 2 is 0.983 bits per heavy atom. The number of hydrogen-bond donors (Lipinski definition) is 0. The molecule has 0 radical (unpaired) electrons. The first kappa shape index (κ1) is 20.4. The SMILES string of the molecule is [2H]c1c(C)c([2H])c(-c2c([2H])c([2H])c(N(c3c([2H])c(C)c([2H])c(-c4c([2H])c(C)c([2H])c(C)c4[2H])c3C)c3c([2H])c4c(oc5c([2H])c([2H])c(-c6c([2H])c(C)c(C)c(C)c6C)c([2H])c54)c4c([2H])c([2H])c([2H])c([2H])c34)c([2H])c2[2H])c([2H])c1C. The van der Waals surface area contributed by atoms with Crippen molar-refractivity contribution in [2.45, 2.75) is 69.2 Å². The molecule has 0 aliphatic carbocycles. The maximum absolute atomic E-state index is 10.5. The molecule has 0 saturated carbocycles. The van der Waals surface area contributed by atoms with Crippen molar-refractivity contribution in [1.82, 2.24) is 0 Å². The predicted octanol–water partition coefficient (Wildman–Crippen LogP) is 16.3. The Labute approximate surface area is 372 Å². The lowest BCUT2D eigenvalue weighted by Crippen LogP contribution is -2.13. The number of anilines is 3. The molecule has 1 heterocycles. The normalized spacial score (nSPS) is 16.7. The van der Waals surface area contributed by atoms with E-state index in [0.717, 1.165) is 16.0 Å². The monoisotopic (exact) mass is 775 g/mol. The predicted molar refractivity (Wildman–Crippen MR) is 250 cm³/mol. The van der Waals surface area contributed by atoms with Gasteiger partial charge in [0, 0.05) is 32.9 Å². The van der Waals surface area contributed by atoms with E-state index in [1.807, 2.05) is 13.8 Å². The molecule has 0 bridgehead atoms. The third kappa shape index (κ3) is 6.38. The third-order valence-corrected chi connectivity index (χ3v) is 10.6. The van der Waals surface area contributed by atoms with E-state index < -0.39 is 135 Å². The highest BCUT2D eigenvalue weighted by atomic mass is 16.3. The van der Waals surface area contributed by atoms with Gasteiger partial charge < -0.3 is 9.32 Å². The Morgan fingerprint density at radius 3 is 1.66 bits per heavy atom. The Bertz CT molecular complexity index is 4210. The molecule has 9 rings (SSSR count). The van der Waals surface area contributed by atoms with E-state index in [-0.39, 0.29) is 108 Å². The van der Waals surface area contributed by atoms with Crippen LogP contribution in [0.25, 0.3) is 66.1 Å². The molecular weight excluding hydrogens is 703 g/mol. The maximum Gasteiger partial charge on any atom is 0.143 e. The van der Waals surface area contributed by atoms with Gasteiger partial charge in [0.1, 0.15) is 11.2 Å². The van der Waals surface area contributed by atoms with Crippen molar-refractivity contribution < 1.29 is 33.2 Å². The second-order valence-corrected chi connectivity index (χ2v) is 14.8. The van der Waals surface area contributed by atoms with Crippen LogP contribution in [-0.2, 0) is 0 Å². The van der Waals surface area contributed by atoms with Crippen LogP contribution < -0.4 is 4.90 Å². The van der Waals surface area contributed by atoms with Crippen LogP contribution in [0.15, 0.2) is 131 Å². The van der Waals surface area contributed by atoms with Crippen LogP contribution in [0.3, 0.4) is 0 Å². The quantitative estimate of drug-likeness (QED) is 0.167. The van der Waals surface area contributed by atoms with E-state index in [1.54, 1.807) is 13.8 Å². The molecular formula is C56H51NO. The summed E-state index contributed by atoms with van der Waals surface area (Å²) in [5, 5.41) is -1.67. The number of rotatable bonds is 6. The standard InChI is InChI=1S/C56H51NO/c1-32-21-33(2)24-44(23-32)42-15-18-46(19-16-42)57(53-28-36(5)27-49(41(53)10)45-25-34(3)22-35(4)26-45)54-31-52-51-30-43(50-29-37(6)38(7)39(8)40(50)9)17-20-55(51)58-56(52)48-14-12-11-13-47(48)54/h11-31H,1-10H3/i11D,12D,13D,14D,15D,16D,17D,18D,19D,20D,21D,22D,23D,24D,25D,26D,27D,28D,29D,30D,31D. The van der Waals surface area contributed by atoms with E-state index in [9.17, 15) is 20.6 Å². The molecule has 0 atom stereocenters. The van der Waals surface area contributed by atoms with Crippen molar-refractivity contribution >= 4 is 49.8 Å². The van der Waals surface area contributed by atoms with E-state index in [2.05, 4.69) is 0 Å². The topological polar surface area (TPSA) is 16.4 Å². The lowest BCUT2D eigenvalue weighted by Gasteiger charge is -2.30. The summed E-state index contributed by atoms with van der Waals surface area (Å²) in [5.74, 6) is 0. The van der Waals surface area contributed by atoms with Crippen molar-refractivity contribution in [3.05, 3.63) is 183 Å². The lowest BCUT2D eigenvalue weighted by atomic mass is 9.90. The highest BCUT2D eigenvalue weighted by Crippen LogP contribution is 2.48.